The van der Waals surface area contributed by atoms with Gasteiger partial charge in [0.05, 0.1) is 17.4 Å². The third-order valence-electron chi connectivity index (χ3n) is 6.43. The minimum atomic E-state index is -1.11. The summed E-state index contributed by atoms with van der Waals surface area (Å²) < 4.78 is 5.56. The molecule has 1 heterocycles. The first-order chi connectivity index (χ1) is 16.5. The maximum Gasteiger partial charge on any atom is 0.407 e. The molecule has 0 bridgehead atoms. The molecule has 2 aliphatic rings. The highest BCUT2D eigenvalue weighted by atomic mass is 16.5. The van der Waals surface area contributed by atoms with E-state index in [1.54, 1.807) is 0 Å². The Hall–Kier alpha value is -4.20. The first-order valence-corrected chi connectivity index (χ1v) is 11.1. The summed E-state index contributed by atoms with van der Waals surface area (Å²) in [5, 5.41) is 14.5. The SMILES string of the molecule is O=C(NC1CC(C(=O)Nc2cncc(C(=O)O)c2)C1)OCC1c2ccccc2-c2ccccc21. The van der Waals surface area contributed by atoms with Crippen molar-refractivity contribution in [2.24, 2.45) is 5.92 Å². The summed E-state index contributed by atoms with van der Waals surface area (Å²) in [5.41, 5.74) is 4.98. The largest absolute Gasteiger partial charge is 0.478 e. The molecule has 8 nitrogen and oxygen atoms in total. The number of nitrogens with one attached hydrogen (secondary N) is 2. The van der Waals surface area contributed by atoms with Gasteiger partial charge in [-0.2, -0.15) is 0 Å². The Balaban J connectivity index is 1.11. The van der Waals surface area contributed by atoms with Crippen LogP contribution in [0.5, 0.6) is 0 Å². The molecule has 172 valence electrons. The van der Waals surface area contributed by atoms with Crippen molar-refractivity contribution in [3.05, 3.63) is 83.7 Å². The van der Waals surface area contributed by atoms with Crippen LogP contribution in [0, 0.1) is 5.92 Å². The summed E-state index contributed by atoms with van der Waals surface area (Å²) in [4.78, 5) is 39.7. The molecule has 0 saturated heterocycles. The molecule has 3 N–H and O–H groups in total. The number of alkyl carbamates (subject to hydrolysis) is 1. The van der Waals surface area contributed by atoms with Gasteiger partial charge in [0.2, 0.25) is 5.91 Å². The van der Waals surface area contributed by atoms with E-state index in [0.717, 1.165) is 11.1 Å². The number of anilines is 1. The van der Waals surface area contributed by atoms with E-state index in [0.29, 0.717) is 18.5 Å². The second-order valence-corrected chi connectivity index (χ2v) is 8.59. The number of aromatic nitrogens is 1. The number of aromatic carboxylic acids is 1. The van der Waals surface area contributed by atoms with Crippen LogP contribution in [0.2, 0.25) is 0 Å². The number of hydrogen-bond acceptors (Lipinski definition) is 5. The van der Waals surface area contributed by atoms with Crippen LogP contribution in [0.25, 0.3) is 11.1 Å². The fourth-order valence-corrected chi connectivity index (χ4v) is 4.63. The first kappa shape index (κ1) is 21.6. The van der Waals surface area contributed by atoms with Gasteiger partial charge in [-0.3, -0.25) is 9.78 Å². The lowest BCUT2D eigenvalue weighted by Gasteiger charge is -2.34. The molecule has 0 aliphatic heterocycles. The molecule has 1 aromatic heterocycles. The van der Waals surface area contributed by atoms with Crippen LogP contribution >= 0.6 is 0 Å². The molecule has 34 heavy (non-hydrogen) atoms. The number of ether oxygens (including phenoxy) is 1. The van der Waals surface area contributed by atoms with E-state index in [9.17, 15) is 14.4 Å². The Kier molecular flexibility index (Phi) is 5.71. The Morgan fingerprint density at radius 3 is 2.26 bits per heavy atom. The number of rotatable bonds is 6. The summed E-state index contributed by atoms with van der Waals surface area (Å²) in [6, 6.07) is 17.5. The van der Waals surface area contributed by atoms with Gasteiger partial charge in [-0.15, -0.1) is 0 Å². The summed E-state index contributed by atoms with van der Waals surface area (Å²) in [6.45, 7) is 0.239. The molecule has 5 rings (SSSR count). The number of benzene rings is 2. The van der Waals surface area contributed by atoms with Crippen LogP contribution in [-0.4, -0.2) is 40.7 Å². The quantitative estimate of drug-likeness (QED) is 0.514. The van der Waals surface area contributed by atoms with Gasteiger partial charge in [0, 0.05) is 24.1 Å². The van der Waals surface area contributed by atoms with Gasteiger partial charge in [0.1, 0.15) is 6.61 Å². The van der Waals surface area contributed by atoms with Crippen LogP contribution in [0.3, 0.4) is 0 Å². The van der Waals surface area contributed by atoms with E-state index in [2.05, 4.69) is 39.9 Å². The molecular formula is C26H23N3O5. The number of pyridine rings is 1. The van der Waals surface area contributed by atoms with E-state index in [1.807, 2.05) is 24.3 Å². The zero-order valence-electron chi connectivity index (χ0n) is 18.2. The van der Waals surface area contributed by atoms with Crippen molar-refractivity contribution in [2.75, 3.05) is 11.9 Å². The molecule has 3 aromatic rings. The smallest absolute Gasteiger partial charge is 0.407 e. The molecule has 0 spiro atoms. The first-order valence-electron chi connectivity index (χ1n) is 11.1. The number of nitrogens with zero attached hydrogens (tertiary/aromatic N) is 1. The number of carboxylic acids is 1. The minimum absolute atomic E-state index is 0.00112. The van der Waals surface area contributed by atoms with Gasteiger partial charge in [-0.05, 0) is 41.2 Å². The highest BCUT2D eigenvalue weighted by Gasteiger charge is 2.36. The van der Waals surface area contributed by atoms with Crippen molar-refractivity contribution in [3.8, 4) is 11.1 Å². The Bertz CT molecular complexity index is 1220. The van der Waals surface area contributed by atoms with Crippen LogP contribution < -0.4 is 10.6 Å². The molecule has 0 radical (unpaired) electrons. The van der Waals surface area contributed by atoms with Crippen LogP contribution in [0.1, 0.15) is 40.2 Å². The molecule has 2 aromatic carbocycles. The van der Waals surface area contributed by atoms with Crippen LogP contribution in [0.15, 0.2) is 67.0 Å². The lowest BCUT2D eigenvalue weighted by Crippen LogP contribution is -2.48. The summed E-state index contributed by atoms with van der Waals surface area (Å²) >= 11 is 0. The molecule has 1 fully saturated rings. The summed E-state index contributed by atoms with van der Waals surface area (Å²) in [7, 11) is 0. The van der Waals surface area contributed by atoms with Gasteiger partial charge in [-0.25, -0.2) is 9.59 Å². The van der Waals surface area contributed by atoms with Gasteiger partial charge in [-0.1, -0.05) is 48.5 Å². The van der Waals surface area contributed by atoms with Crippen LogP contribution in [-0.2, 0) is 9.53 Å². The standard InChI is InChI=1S/C26H23N3O5/c30-24(28-18-11-16(25(31)32)12-27-13-18)15-9-17(10-15)29-26(33)34-14-23-21-7-3-1-5-19(21)20-6-2-4-8-22(20)23/h1-8,11-13,15,17,23H,9-10,14H2,(H,28,30)(H,29,33)(H,31,32). The van der Waals surface area contributed by atoms with E-state index >= 15 is 0 Å². The summed E-state index contributed by atoms with van der Waals surface area (Å²) in [6.07, 6.45) is 3.10. The average Bonchev–Trinajstić information content (AvgIpc) is 3.13. The molecule has 2 amide bonds. The molecule has 2 aliphatic carbocycles. The van der Waals surface area contributed by atoms with Crippen molar-refractivity contribution in [1.82, 2.24) is 10.3 Å². The Morgan fingerprint density at radius 2 is 1.62 bits per heavy atom. The molecule has 0 unspecified atom stereocenters. The van der Waals surface area contributed by atoms with Gasteiger partial charge < -0.3 is 20.5 Å². The van der Waals surface area contributed by atoms with E-state index in [1.165, 1.54) is 29.6 Å². The van der Waals surface area contributed by atoms with E-state index in [4.69, 9.17) is 9.84 Å². The van der Waals surface area contributed by atoms with Crippen molar-refractivity contribution < 1.29 is 24.2 Å². The molecular weight excluding hydrogens is 434 g/mol. The monoisotopic (exact) mass is 457 g/mol. The Morgan fingerprint density at radius 1 is 0.971 bits per heavy atom. The molecule has 0 atom stereocenters. The van der Waals surface area contributed by atoms with E-state index < -0.39 is 12.1 Å². The van der Waals surface area contributed by atoms with Crippen molar-refractivity contribution in [3.63, 3.8) is 0 Å². The van der Waals surface area contributed by atoms with Crippen molar-refractivity contribution >= 4 is 23.7 Å². The zero-order valence-corrected chi connectivity index (χ0v) is 18.2. The average molecular weight is 457 g/mol. The van der Waals surface area contributed by atoms with Crippen LogP contribution in [0.4, 0.5) is 10.5 Å². The number of fused-ring (bicyclic) bond motifs is 3. The predicted molar refractivity (Wildman–Crippen MR) is 125 cm³/mol. The van der Waals surface area contributed by atoms with Gasteiger partial charge in [0.15, 0.2) is 0 Å². The highest BCUT2D eigenvalue weighted by molar-refractivity contribution is 5.95. The number of amides is 2. The lowest BCUT2D eigenvalue weighted by atomic mass is 9.79. The number of carboxylic acid groups (broad SMARTS) is 1. The maximum atomic E-state index is 12.4. The zero-order chi connectivity index (χ0) is 23.7. The second-order valence-electron chi connectivity index (χ2n) is 8.59. The third kappa shape index (κ3) is 4.22. The maximum absolute atomic E-state index is 12.4. The van der Waals surface area contributed by atoms with Gasteiger partial charge in [0.25, 0.3) is 0 Å². The fourth-order valence-electron chi connectivity index (χ4n) is 4.63. The number of carbonyl (C=O) groups is 3. The van der Waals surface area contributed by atoms with Gasteiger partial charge >= 0.3 is 12.1 Å². The fraction of sp³-hybridized carbons (Fsp3) is 0.231. The third-order valence-corrected chi connectivity index (χ3v) is 6.43. The number of hydrogen-bond donors (Lipinski definition) is 3. The number of carbonyl (C=O) groups excluding carboxylic acids is 2. The Labute approximate surface area is 196 Å². The molecule has 8 heteroatoms. The molecule has 1 saturated carbocycles. The topological polar surface area (TPSA) is 118 Å². The second kappa shape index (κ2) is 8.97. The summed E-state index contributed by atoms with van der Waals surface area (Å²) in [5.74, 6) is -1.62. The van der Waals surface area contributed by atoms with E-state index in [-0.39, 0.29) is 36.0 Å². The lowest BCUT2D eigenvalue weighted by molar-refractivity contribution is -0.122. The van der Waals surface area contributed by atoms with Crippen molar-refractivity contribution in [2.45, 2.75) is 24.8 Å². The highest BCUT2D eigenvalue weighted by Crippen LogP contribution is 2.44. The predicted octanol–water partition coefficient (Wildman–Crippen LogP) is 4.04. The van der Waals surface area contributed by atoms with Crippen molar-refractivity contribution in [1.29, 1.82) is 0 Å². The minimum Gasteiger partial charge on any atom is -0.478 e. The normalized spacial score (nSPS) is 18.2.